The van der Waals surface area contributed by atoms with Gasteiger partial charge in [-0.25, -0.2) is 4.98 Å². The zero-order valence-electron chi connectivity index (χ0n) is 9.74. The summed E-state index contributed by atoms with van der Waals surface area (Å²) >= 11 is 0. The summed E-state index contributed by atoms with van der Waals surface area (Å²) in [5, 5.41) is 12.3. The number of pyridine rings is 1. The van der Waals surface area contributed by atoms with E-state index in [1.807, 2.05) is 0 Å². The third kappa shape index (κ3) is 1.65. The SMILES string of the molecule is NC1C2CCOC2C1NC(=O)c1ncccc1O. The predicted molar refractivity (Wildman–Crippen MR) is 63.0 cm³/mol. The maximum atomic E-state index is 12.0. The van der Waals surface area contributed by atoms with Crippen molar-refractivity contribution in [2.45, 2.75) is 24.6 Å². The Morgan fingerprint density at radius 2 is 2.44 bits per heavy atom. The third-order valence-corrected chi connectivity index (χ3v) is 3.75. The Balaban J connectivity index is 1.70. The van der Waals surface area contributed by atoms with Crippen molar-refractivity contribution in [3.05, 3.63) is 24.0 Å². The second-order valence-corrected chi connectivity index (χ2v) is 4.74. The number of amides is 1. The number of rotatable bonds is 2. The number of carbonyl (C=O) groups is 1. The van der Waals surface area contributed by atoms with Crippen LogP contribution in [0, 0.1) is 5.92 Å². The molecule has 1 aromatic rings. The summed E-state index contributed by atoms with van der Waals surface area (Å²) in [6.45, 7) is 0.699. The zero-order valence-corrected chi connectivity index (χ0v) is 9.74. The van der Waals surface area contributed by atoms with Gasteiger partial charge in [0.05, 0.1) is 12.1 Å². The first-order chi connectivity index (χ1) is 8.68. The molecular weight excluding hydrogens is 234 g/mol. The van der Waals surface area contributed by atoms with Crippen molar-refractivity contribution in [1.82, 2.24) is 10.3 Å². The number of aromatic nitrogens is 1. The molecule has 4 unspecified atom stereocenters. The van der Waals surface area contributed by atoms with E-state index in [1.165, 1.54) is 12.3 Å². The van der Waals surface area contributed by atoms with Crippen LogP contribution in [-0.2, 0) is 4.74 Å². The number of nitrogens with one attached hydrogen (secondary N) is 1. The van der Waals surface area contributed by atoms with Crippen molar-refractivity contribution in [2.24, 2.45) is 11.7 Å². The lowest BCUT2D eigenvalue weighted by molar-refractivity contribution is -0.0162. The lowest BCUT2D eigenvalue weighted by Crippen LogP contribution is -2.69. The van der Waals surface area contributed by atoms with E-state index in [9.17, 15) is 9.90 Å². The normalized spacial score (nSPS) is 33.6. The summed E-state index contributed by atoms with van der Waals surface area (Å²) in [4.78, 5) is 15.8. The highest BCUT2D eigenvalue weighted by atomic mass is 16.5. The molecule has 3 rings (SSSR count). The van der Waals surface area contributed by atoms with E-state index in [0.29, 0.717) is 12.5 Å². The van der Waals surface area contributed by atoms with E-state index < -0.39 is 5.91 Å². The van der Waals surface area contributed by atoms with Crippen LogP contribution in [0.2, 0.25) is 0 Å². The molecule has 96 valence electrons. The number of aromatic hydroxyl groups is 1. The Morgan fingerprint density at radius 3 is 3.22 bits per heavy atom. The number of hydrogen-bond donors (Lipinski definition) is 3. The van der Waals surface area contributed by atoms with Crippen LogP contribution in [0.4, 0.5) is 0 Å². The molecule has 1 aliphatic heterocycles. The van der Waals surface area contributed by atoms with Crippen LogP contribution in [0.1, 0.15) is 16.9 Å². The molecule has 1 saturated carbocycles. The van der Waals surface area contributed by atoms with Gasteiger partial charge in [0.25, 0.3) is 5.91 Å². The van der Waals surface area contributed by atoms with Crippen LogP contribution in [0.5, 0.6) is 5.75 Å². The summed E-state index contributed by atoms with van der Waals surface area (Å²) in [6.07, 6.45) is 2.42. The molecule has 0 aromatic carbocycles. The monoisotopic (exact) mass is 249 g/mol. The Labute approximate surface area is 104 Å². The molecule has 1 aromatic heterocycles. The van der Waals surface area contributed by atoms with Crippen LogP contribution in [0.3, 0.4) is 0 Å². The highest BCUT2D eigenvalue weighted by Crippen LogP contribution is 2.37. The van der Waals surface area contributed by atoms with E-state index in [0.717, 1.165) is 6.42 Å². The van der Waals surface area contributed by atoms with E-state index >= 15 is 0 Å². The summed E-state index contributed by atoms with van der Waals surface area (Å²) in [6, 6.07) is 2.73. The van der Waals surface area contributed by atoms with Gasteiger partial charge in [-0.3, -0.25) is 4.79 Å². The molecule has 1 aliphatic carbocycles. The summed E-state index contributed by atoms with van der Waals surface area (Å²) < 4.78 is 5.52. The van der Waals surface area contributed by atoms with Gasteiger partial charge < -0.3 is 20.9 Å². The van der Waals surface area contributed by atoms with Crippen LogP contribution in [0.25, 0.3) is 0 Å². The number of nitrogens with two attached hydrogens (primary N) is 1. The quantitative estimate of drug-likeness (QED) is 0.664. The molecule has 0 bridgehead atoms. The standard InChI is InChI=1S/C12H15N3O3/c13-8-6-3-5-18-11(6)10(8)15-12(17)9-7(16)2-1-4-14-9/h1-2,4,6,8,10-11,16H,3,5,13H2,(H,15,17). The molecule has 1 amide bonds. The Bertz CT molecular complexity index is 479. The number of carbonyl (C=O) groups excluding carboxylic acids is 1. The minimum Gasteiger partial charge on any atom is -0.505 e. The molecule has 18 heavy (non-hydrogen) atoms. The molecule has 2 fully saturated rings. The van der Waals surface area contributed by atoms with Gasteiger partial charge in [-0.1, -0.05) is 0 Å². The number of ether oxygens (including phenoxy) is 1. The van der Waals surface area contributed by atoms with Crippen LogP contribution in [-0.4, -0.2) is 40.8 Å². The van der Waals surface area contributed by atoms with Crippen molar-refractivity contribution in [3.8, 4) is 5.75 Å². The number of fused-ring (bicyclic) bond motifs is 1. The van der Waals surface area contributed by atoms with Crippen molar-refractivity contribution in [1.29, 1.82) is 0 Å². The Morgan fingerprint density at radius 1 is 1.61 bits per heavy atom. The molecule has 6 heteroatoms. The average Bonchev–Trinajstić information content (AvgIpc) is 2.81. The fourth-order valence-corrected chi connectivity index (χ4v) is 2.72. The minimum absolute atomic E-state index is 0.00908. The van der Waals surface area contributed by atoms with Crippen molar-refractivity contribution >= 4 is 5.91 Å². The highest BCUT2D eigenvalue weighted by molar-refractivity contribution is 5.95. The summed E-state index contributed by atoms with van der Waals surface area (Å²) in [5.41, 5.74) is 6.01. The van der Waals surface area contributed by atoms with Gasteiger partial charge in [-0.05, 0) is 18.6 Å². The van der Waals surface area contributed by atoms with E-state index in [4.69, 9.17) is 10.5 Å². The molecular formula is C12H15N3O3. The predicted octanol–water partition coefficient (Wildman–Crippen LogP) is -0.368. The first-order valence-electron chi connectivity index (χ1n) is 6.00. The summed E-state index contributed by atoms with van der Waals surface area (Å²) in [5.74, 6) is -0.207. The maximum absolute atomic E-state index is 12.0. The summed E-state index contributed by atoms with van der Waals surface area (Å²) in [7, 11) is 0. The molecule has 2 heterocycles. The van der Waals surface area contributed by atoms with Gasteiger partial charge >= 0.3 is 0 Å². The fraction of sp³-hybridized carbons (Fsp3) is 0.500. The average molecular weight is 249 g/mol. The largest absolute Gasteiger partial charge is 0.505 e. The number of nitrogens with zero attached hydrogens (tertiary/aromatic N) is 1. The van der Waals surface area contributed by atoms with Crippen molar-refractivity contribution < 1.29 is 14.6 Å². The second kappa shape index (κ2) is 4.22. The Kier molecular flexibility index (Phi) is 2.68. The fourth-order valence-electron chi connectivity index (χ4n) is 2.72. The van der Waals surface area contributed by atoms with Crippen molar-refractivity contribution in [3.63, 3.8) is 0 Å². The molecule has 2 aliphatic rings. The first kappa shape index (κ1) is 11.4. The molecule has 4 N–H and O–H groups in total. The molecule has 6 nitrogen and oxygen atoms in total. The van der Waals surface area contributed by atoms with Crippen LogP contribution in [0.15, 0.2) is 18.3 Å². The van der Waals surface area contributed by atoms with E-state index in [1.54, 1.807) is 6.07 Å². The van der Waals surface area contributed by atoms with Gasteiger partial charge in [0.2, 0.25) is 0 Å². The van der Waals surface area contributed by atoms with Crippen LogP contribution < -0.4 is 11.1 Å². The third-order valence-electron chi connectivity index (χ3n) is 3.75. The maximum Gasteiger partial charge on any atom is 0.274 e. The lowest BCUT2D eigenvalue weighted by Gasteiger charge is -2.45. The zero-order chi connectivity index (χ0) is 12.7. The van der Waals surface area contributed by atoms with Gasteiger partial charge in [-0.2, -0.15) is 0 Å². The van der Waals surface area contributed by atoms with Gasteiger partial charge in [-0.15, -0.1) is 0 Å². The molecule has 1 saturated heterocycles. The Hall–Kier alpha value is -1.66. The second-order valence-electron chi connectivity index (χ2n) is 4.74. The number of hydrogen-bond acceptors (Lipinski definition) is 5. The highest BCUT2D eigenvalue weighted by Gasteiger charge is 2.52. The molecule has 0 spiro atoms. The minimum atomic E-state index is -0.414. The smallest absolute Gasteiger partial charge is 0.274 e. The van der Waals surface area contributed by atoms with Crippen molar-refractivity contribution in [2.75, 3.05) is 6.61 Å². The first-order valence-corrected chi connectivity index (χ1v) is 6.00. The van der Waals surface area contributed by atoms with Gasteiger partial charge in [0.15, 0.2) is 5.69 Å². The van der Waals surface area contributed by atoms with Gasteiger partial charge in [0, 0.05) is 24.8 Å². The van der Waals surface area contributed by atoms with Crippen LogP contribution >= 0.6 is 0 Å². The molecule has 4 atom stereocenters. The lowest BCUT2D eigenvalue weighted by atomic mass is 9.72. The van der Waals surface area contributed by atoms with E-state index in [-0.39, 0.29) is 29.6 Å². The van der Waals surface area contributed by atoms with Gasteiger partial charge in [0.1, 0.15) is 5.75 Å². The molecule has 0 radical (unpaired) electrons. The van der Waals surface area contributed by atoms with E-state index in [2.05, 4.69) is 10.3 Å². The topological polar surface area (TPSA) is 97.5 Å².